The Labute approximate surface area is 96.1 Å². The molecule has 6 N–H and O–H groups in total. The van der Waals surface area contributed by atoms with Crippen molar-refractivity contribution in [3.8, 4) is 0 Å². The standard InChI is InChI=1S/C6H13O8PS/c7-1-2(8)4(10)6(16)5(3(1)9)14-15(11,12)13/h1-10,16H,(H2,11,12,13)/t1-,2-,3+,4+,5-,6-/m0/s1. The molecular formula is C6H13O8PS. The average molecular weight is 276 g/mol. The number of phosphoric ester groups is 1. The smallest absolute Gasteiger partial charge is 0.389 e. The van der Waals surface area contributed by atoms with Crippen molar-refractivity contribution in [3.63, 3.8) is 0 Å². The predicted molar refractivity (Wildman–Crippen MR) is 53.7 cm³/mol. The molecule has 96 valence electrons. The number of hydrogen-bond acceptors (Lipinski definition) is 7. The van der Waals surface area contributed by atoms with Crippen LogP contribution in [0.5, 0.6) is 0 Å². The molecule has 0 aliphatic heterocycles. The maximum Gasteiger partial charge on any atom is 0.469 e. The highest BCUT2D eigenvalue weighted by Gasteiger charge is 2.50. The molecule has 10 heteroatoms. The summed E-state index contributed by atoms with van der Waals surface area (Å²) in [6, 6.07) is 0. The third-order valence-electron chi connectivity index (χ3n) is 2.33. The van der Waals surface area contributed by atoms with E-state index in [0.29, 0.717) is 0 Å². The first-order valence-electron chi connectivity index (χ1n) is 4.29. The van der Waals surface area contributed by atoms with Gasteiger partial charge in [0, 0.05) is 0 Å². The summed E-state index contributed by atoms with van der Waals surface area (Å²) in [4.78, 5) is 17.1. The molecule has 0 heterocycles. The van der Waals surface area contributed by atoms with Gasteiger partial charge in [-0.05, 0) is 0 Å². The second-order valence-corrected chi connectivity index (χ2v) is 5.30. The fraction of sp³-hybridized carbons (Fsp3) is 1.00. The van der Waals surface area contributed by atoms with Gasteiger partial charge < -0.3 is 30.2 Å². The minimum Gasteiger partial charge on any atom is -0.389 e. The summed E-state index contributed by atoms with van der Waals surface area (Å²) in [5.41, 5.74) is 0. The zero-order chi connectivity index (χ0) is 12.7. The quantitative estimate of drug-likeness (QED) is 0.212. The van der Waals surface area contributed by atoms with E-state index in [0.717, 1.165) is 0 Å². The van der Waals surface area contributed by atoms with Crippen LogP contribution in [-0.4, -0.2) is 66.0 Å². The molecule has 0 unspecified atom stereocenters. The van der Waals surface area contributed by atoms with Crippen molar-refractivity contribution in [3.05, 3.63) is 0 Å². The van der Waals surface area contributed by atoms with Gasteiger partial charge in [-0.15, -0.1) is 0 Å². The van der Waals surface area contributed by atoms with Gasteiger partial charge in [0.05, 0.1) is 11.4 Å². The highest BCUT2D eigenvalue weighted by Crippen LogP contribution is 2.42. The molecule has 0 saturated heterocycles. The van der Waals surface area contributed by atoms with Crippen molar-refractivity contribution >= 4 is 20.5 Å². The summed E-state index contributed by atoms with van der Waals surface area (Å²) >= 11 is 3.77. The van der Waals surface area contributed by atoms with Crippen LogP contribution < -0.4 is 0 Å². The van der Waals surface area contributed by atoms with E-state index in [1.54, 1.807) is 0 Å². The van der Waals surface area contributed by atoms with Crippen molar-refractivity contribution in [1.29, 1.82) is 0 Å². The highest BCUT2D eigenvalue weighted by molar-refractivity contribution is 7.81. The first-order chi connectivity index (χ1) is 7.15. The second kappa shape index (κ2) is 4.89. The molecule has 0 radical (unpaired) electrons. The SMILES string of the molecule is O=P(O)(O)O[C@H]1[C@H](O)[C@@H](O)[C@H](O)[C@@H](O)[C@@H]1S. The van der Waals surface area contributed by atoms with Gasteiger partial charge in [0.15, 0.2) is 0 Å². The fourth-order valence-electron chi connectivity index (χ4n) is 1.48. The van der Waals surface area contributed by atoms with Gasteiger partial charge >= 0.3 is 7.82 Å². The molecule has 1 saturated carbocycles. The van der Waals surface area contributed by atoms with E-state index >= 15 is 0 Å². The van der Waals surface area contributed by atoms with E-state index in [4.69, 9.17) is 9.79 Å². The van der Waals surface area contributed by atoms with Crippen LogP contribution in [0, 0.1) is 0 Å². The Hall–Kier alpha value is 0.300. The third kappa shape index (κ3) is 2.95. The molecule has 1 fully saturated rings. The molecule has 0 aromatic rings. The van der Waals surface area contributed by atoms with E-state index in [-0.39, 0.29) is 0 Å². The van der Waals surface area contributed by atoms with E-state index in [1.807, 2.05) is 0 Å². The Bertz CT molecular complexity index is 278. The van der Waals surface area contributed by atoms with E-state index in [9.17, 15) is 25.0 Å². The lowest BCUT2D eigenvalue weighted by Crippen LogP contribution is -2.62. The van der Waals surface area contributed by atoms with Crippen LogP contribution in [0.25, 0.3) is 0 Å². The highest BCUT2D eigenvalue weighted by atomic mass is 32.1. The summed E-state index contributed by atoms with van der Waals surface area (Å²) in [6.45, 7) is 0. The zero-order valence-corrected chi connectivity index (χ0v) is 9.65. The van der Waals surface area contributed by atoms with Gasteiger partial charge in [0.1, 0.15) is 24.4 Å². The first-order valence-corrected chi connectivity index (χ1v) is 6.34. The zero-order valence-electron chi connectivity index (χ0n) is 7.86. The van der Waals surface area contributed by atoms with Crippen LogP contribution in [-0.2, 0) is 9.09 Å². The van der Waals surface area contributed by atoms with Gasteiger partial charge in [-0.3, -0.25) is 4.52 Å². The molecule has 8 nitrogen and oxygen atoms in total. The minimum atomic E-state index is -4.89. The lowest BCUT2D eigenvalue weighted by Gasteiger charge is -2.41. The molecule has 6 atom stereocenters. The number of aliphatic hydroxyl groups is 4. The Morgan fingerprint density at radius 3 is 1.81 bits per heavy atom. The lowest BCUT2D eigenvalue weighted by atomic mass is 9.87. The molecule has 0 aromatic carbocycles. The summed E-state index contributed by atoms with van der Waals surface area (Å²) in [5.74, 6) is 0. The second-order valence-electron chi connectivity index (χ2n) is 3.51. The molecule has 1 aliphatic rings. The molecule has 1 aliphatic carbocycles. The number of phosphoric acid groups is 1. The lowest BCUT2D eigenvalue weighted by molar-refractivity contribution is -0.169. The monoisotopic (exact) mass is 276 g/mol. The Morgan fingerprint density at radius 1 is 0.938 bits per heavy atom. The van der Waals surface area contributed by atoms with Crippen molar-refractivity contribution in [2.45, 2.75) is 35.8 Å². The third-order valence-corrected chi connectivity index (χ3v) is 3.45. The molecule has 0 spiro atoms. The van der Waals surface area contributed by atoms with Crippen LogP contribution in [0.3, 0.4) is 0 Å². The van der Waals surface area contributed by atoms with Crippen LogP contribution in [0.2, 0.25) is 0 Å². The summed E-state index contributed by atoms with van der Waals surface area (Å²) in [6.07, 6.45) is -8.34. The fourth-order valence-corrected chi connectivity index (χ4v) is 2.56. The van der Waals surface area contributed by atoms with Gasteiger partial charge in [-0.25, -0.2) is 4.57 Å². The van der Waals surface area contributed by atoms with Crippen LogP contribution in [0.1, 0.15) is 0 Å². The summed E-state index contributed by atoms with van der Waals surface area (Å²) < 4.78 is 14.8. The molecule has 0 bridgehead atoms. The Morgan fingerprint density at radius 2 is 1.38 bits per heavy atom. The van der Waals surface area contributed by atoms with Crippen molar-refractivity contribution in [1.82, 2.24) is 0 Å². The maximum absolute atomic E-state index is 10.6. The van der Waals surface area contributed by atoms with Crippen molar-refractivity contribution < 1.29 is 39.3 Å². The van der Waals surface area contributed by atoms with E-state index in [2.05, 4.69) is 17.2 Å². The summed E-state index contributed by atoms with van der Waals surface area (Å²) in [5, 5.41) is 36.1. The van der Waals surface area contributed by atoms with Crippen molar-refractivity contribution in [2.24, 2.45) is 0 Å². The van der Waals surface area contributed by atoms with Crippen LogP contribution in [0.15, 0.2) is 0 Å². The molecular weight excluding hydrogens is 263 g/mol. The number of hydrogen-bond donors (Lipinski definition) is 7. The van der Waals surface area contributed by atoms with Crippen molar-refractivity contribution in [2.75, 3.05) is 0 Å². The van der Waals surface area contributed by atoms with Crippen LogP contribution >= 0.6 is 20.5 Å². The number of aliphatic hydroxyl groups excluding tert-OH is 4. The van der Waals surface area contributed by atoms with E-state index in [1.165, 1.54) is 0 Å². The number of thiol groups is 1. The predicted octanol–water partition coefficient (Wildman–Crippen LogP) is -2.78. The number of rotatable bonds is 2. The van der Waals surface area contributed by atoms with Gasteiger partial charge in [0.25, 0.3) is 0 Å². The Balaban J connectivity index is 2.87. The van der Waals surface area contributed by atoms with Crippen LogP contribution in [0.4, 0.5) is 0 Å². The molecule has 16 heavy (non-hydrogen) atoms. The Kier molecular flexibility index (Phi) is 4.39. The topological polar surface area (TPSA) is 148 Å². The maximum atomic E-state index is 10.6. The van der Waals surface area contributed by atoms with Gasteiger partial charge in [0.2, 0.25) is 0 Å². The molecule has 0 amide bonds. The summed E-state index contributed by atoms with van der Waals surface area (Å²) in [7, 11) is -4.89. The van der Waals surface area contributed by atoms with Gasteiger partial charge in [-0.1, -0.05) is 0 Å². The molecule has 1 rings (SSSR count). The largest absolute Gasteiger partial charge is 0.469 e. The minimum absolute atomic E-state index is 1.24. The first kappa shape index (κ1) is 14.4. The average Bonchev–Trinajstić information content (AvgIpc) is 2.17. The van der Waals surface area contributed by atoms with E-state index < -0.39 is 43.6 Å². The normalized spacial score (nSPS) is 45.7. The van der Waals surface area contributed by atoms with Gasteiger partial charge in [-0.2, -0.15) is 12.6 Å². The molecule has 0 aromatic heterocycles.